The standard InChI is InChI=1S/C15H17OP.C13H13OP/c1-3-12-8-4-6-10-14(12)17-15-11-7-5-9-13(15)16-2;1-14-12-9-5-6-10-13(12)15-11-7-3-2-4-8-11/h4-11,17H,3H2,1-2H3;2-10,15H,1H3. The molecule has 2 unspecified atom stereocenters. The second kappa shape index (κ2) is 13.0. The number of benzene rings is 4. The van der Waals surface area contributed by atoms with Crippen LogP contribution in [0.5, 0.6) is 11.5 Å². The second-order valence-electron chi connectivity index (χ2n) is 7.03. The van der Waals surface area contributed by atoms with Gasteiger partial charge in [-0.3, -0.25) is 0 Å². The SMILES string of the molecule is CCc1ccccc1Pc1ccccc1OC.COc1ccccc1Pc1ccccc1. The fourth-order valence-corrected chi connectivity index (χ4v) is 5.81. The van der Waals surface area contributed by atoms with Crippen LogP contribution in [0.2, 0.25) is 0 Å². The third-order valence-electron chi connectivity index (χ3n) is 4.93. The highest BCUT2D eigenvalue weighted by atomic mass is 31.1. The molecule has 0 aliphatic rings. The van der Waals surface area contributed by atoms with Gasteiger partial charge in [0.1, 0.15) is 11.5 Å². The first-order valence-electron chi connectivity index (χ1n) is 10.7. The van der Waals surface area contributed by atoms with Gasteiger partial charge >= 0.3 is 0 Å². The van der Waals surface area contributed by atoms with Gasteiger partial charge in [-0.1, -0.05) is 115 Å². The number of hydrogen-bond donors (Lipinski definition) is 0. The van der Waals surface area contributed by atoms with Crippen molar-refractivity contribution < 1.29 is 9.47 Å². The van der Waals surface area contributed by atoms with E-state index in [-0.39, 0.29) is 0 Å². The van der Waals surface area contributed by atoms with Gasteiger partial charge in [0.15, 0.2) is 0 Å². The first-order valence-corrected chi connectivity index (χ1v) is 12.7. The van der Waals surface area contributed by atoms with Gasteiger partial charge in [0.2, 0.25) is 0 Å². The zero-order chi connectivity index (χ0) is 22.6. The van der Waals surface area contributed by atoms with E-state index in [2.05, 4.69) is 73.7 Å². The van der Waals surface area contributed by atoms with E-state index in [1.807, 2.05) is 36.4 Å². The molecule has 0 saturated carbocycles. The lowest BCUT2D eigenvalue weighted by molar-refractivity contribution is 0.418. The van der Waals surface area contributed by atoms with Crippen LogP contribution in [0, 0.1) is 0 Å². The van der Waals surface area contributed by atoms with Crippen molar-refractivity contribution in [1.82, 2.24) is 0 Å². The summed E-state index contributed by atoms with van der Waals surface area (Å²) in [5.41, 5.74) is 1.43. The van der Waals surface area contributed by atoms with E-state index in [1.54, 1.807) is 14.2 Å². The van der Waals surface area contributed by atoms with Crippen LogP contribution in [-0.4, -0.2) is 14.2 Å². The van der Waals surface area contributed by atoms with Gasteiger partial charge in [0.25, 0.3) is 0 Å². The van der Waals surface area contributed by atoms with E-state index in [1.165, 1.54) is 26.8 Å². The average Bonchev–Trinajstić information content (AvgIpc) is 2.86. The van der Waals surface area contributed by atoms with E-state index in [9.17, 15) is 0 Å². The maximum atomic E-state index is 5.40. The summed E-state index contributed by atoms with van der Waals surface area (Å²) >= 11 is 0. The lowest BCUT2D eigenvalue weighted by Crippen LogP contribution is -2.10. The lowest BCUT2D eigenvalue weighted by atomic mass is 10.2. The van der Waals surface area contributed by atoms with Crippen LogP contribution in [0.4, 0.5) is 0 Å². The summed E-state index contributed by atoms with van der Waals surface area (Å²) in [6.07, 6.45) is 1.08. The molecule has 4 rings (SSSR count). The minimum atomic E-state index is 0.657. The molecule has 0 aliphatic carbocycles. The third-order valence-corrected chi connectivity index (χ3v) is 7.68. The number of rotatable bonds is 7. The minimum Gasteiger partial charge on any atom is -0.496 e. The molecule has 0 amide bonds. The van der Waals surface area contributed by atoms with Gasteiger partial charge in [-0.05, 0) is 34.7 Å². The van der Waals surface area contributed by atoms with Crippen molar-refractivity contribution in [3.05, 3.63) is 109 Å². The van der Waals surface area contributed by atoms with Crippen molar-refractivity contribution in [2.75, 3.05) is 14.2 Å². The van der Waals surface area contributed by atoms with Gasteiger partial charge in [-0.25, -0.2) is 0 Å². The summed E-state index contributed by atoms with van der Waals surface area (Å²) in [4.78, 5) is 0. The maximum Gasteiger partial charge on any atom is 0.126 e. The molecule has 0 bridgehead atoms. The van der Waals surface area contributed by atoms with E-state index in [0.717, 1.165) is 17.9 Å². The Morgan fingerprint density at radius 2 is 1.00 bits per heavy atom. The van der Waals surface area contributed by atoms with Crippen molar-refractivity contribution in [2.24, 2.45) is 0 Å². The topological polar surface area (TPSA) is 18.5 Å². The molecule has 2 nitrogen and oxygen atoms in total. The Kier molecular flexibility index (Phi) is 9.76. The number of hydrogen-bond acceptors (Lipinski definition) is 2. The van der Waals surface area contributed by atoms with Crippen molar-refractivity contribution in [3.63, 3.8) is 0 Å². The summed E-state index contributed by atoms with van der Waals surface area (Å²) in [6, 6.07) is 35.5. The first-order chi connectivity index (χ1) is 15.7. The van der Waals surface area contributed by atoms with Gasteiger partial charge in [0.05, 0.1) is 14.2 Å². The summed E-state index contributed by atoms with van der Waals surface area (Å²) < 4.78 is 10.7. The van der Waals surface area contributed by atoms with Gasteiger partial charge in [-0.15, -0.1) is 0 Å². The first kappa shape index (κ1) is 24.0. The van der Waals surface area contributed by atoms with Crippen LogP contribution in [0.15, 0.2) is 103 Å². The zero-order valence-corrected chi connectivity index (χ0v) is 20.8. The smallest absolute Gasteiger partial charge is 0.126 e. The molecular weight excluding hydrogens is 430 g/mol. The highest BCUT2D eigenvalue weighted by molar-refractivity contribution is 7.56. The molecular formula is C28H30O2P2. The average molecular weight is 460 g/mol. The Balaban J connectivity index is 0.000000182. The Labute approximate surface area is 195 Å². The zero-order valence-electron chi connectivity index (χ0n) is 18.8. The minimum absolute atomic E-state index is 0.657. The predicted molar refractivity (Wildman–Crippen MR) is 143 cm³/mol. The molecule has 164 valence electrons. The quantitative estimate of drug-likeness (QED) is 0.353. The molecule has 0 fully saturated rings. The molecule has 4 aromatic rings. The molecule has 4 aromatic carbocycles. The van der Waals surface area contributed by atoms with Gasteiger partial charge < -0.3 is 9.47 Å². The monoisotopic (exact) mass is 460 g/mol. The molecule has 32 heavy (non-hydrogen) atoms. The number of methoxy groups -OCH3 is 2. The third kappa shape index (κ3) is 6.92. The number of aryl methyl sites for hydroxylation is 1. The molecule has 0 aliphatic heterocycles. The van der Waals surface area contributed by atoms with Crippen molar-refractivity contribution >= 4 is 38.4 Å². The van der Waals surface area contributed by atoms with Crippen molar-refractivity contribution in [2.45, 2.75) is 13.3 Å². The summed E-state index contributed by atoms with van der Waals surface area (Å²) in [5.74, 6) is 1.96. The highest BCUT2D eigenvalue weighted by Crippen LogP contribution is 2.21. The Morgan fingerprint density at radius 3 is 1.56 bits per heavy atom. The summed E-state index contributed by atoms with van der Waals surface area (Å²) in [7, 11) is 4.77. The van der Waals surface area contributed by atoms with Crippen LogP contribution in [-0.2, 0) is 6.42 Å². The predicted octanol–water partition coefficient (Wildman–Crippen LogP) is 5.21. The summed E-state index contributed by atoms with van der Waals surface area (Å²) in [6.45, 7) is 2.20. The highest BCUT2D eigenvalue weighted by Gasteiger charge is 2.05. The van der Waals surface area contributed by atoms with Crippen molar-refractivity contribution in [1.29, 1.82) is 0 Å². The molecule has 0 saturated heterocycles. The Morgan fingerprint density at radius 1 is 0.531 bits per heavy atom. The van der Waals surface area contributed by atoms with Crippen LogP contribution in [0.3, 0.4) is 0 Å². The number of para-hydroxylation sites is 2. The molecule has 0 heterocycles. The van der Waals surface area contributed by atoms with E-state index < -0.39 is 0 Å². The summed E-state index contributed by atoms with van der Waals surface area (Å²) in [5, 5.41) is 5.28. The maximum absolute atomic E-state index is 5.40. The number of ether oxygens (including phenoxy) is 2. The van der Waals surface area contributed by atoms with Crippen molar-refractivity contribution in [3.8, 4) is 11.5 Å². The fraction of sp³-hybridized carbons (Fsp3) is 0.143. The van der Waals surface area contributed by atoms with Crippen LogP contribution in [0.1, 0.15) is 12.5 Å². The van der Waals surface area contributed by atoms with Crippen LogP contribution < -0.4 is 30.7 Å². The fourth-order valence-electron chi connectivity index (χ4n) is 3.27. The van der Waals surface area contributed by atoms with E-state index in [4.69, 9.17) is 9.47 Å². The van der Waals surface area contributed by atoms with Crippen LogP contribution in [0.25, 0.3) is 0 Å². The molecule has 2 atom stereocenters. The van der Waals surface area contributed by atoms with Gasteiger partial charge in [0, 0.05) is 10.6 Å². The molecule has 4 heteroatoms. The normalized spacial score (nSPS) is 10.8. The molecule has 0 aromatic heterocycles. The molecule has 0 spiro atoms. The molecule has 0 N–H and O–H groups in total. The second-order valence-corrected chi connectivity index (χ2v) is 9.72. The Hall–Kier alpha value is -2.66. The Bertz CT molecular complexity index is 1050. The van der Waals surface area contributed by atoms with Gasteiger partial charge in [-0.2, -0.15) is 0 Å². The lowest BCUT2D eigenvalue weighted by Gasteiger charge is -2.11. The molecule has 0 radical (unpaired) electrons. The largest absolute Gasteiger partial charge is 0.496 e. The van der Waals surface area contributed by atoms with E-state index >= 15 is 0 Å². The van der Waals surface area contributed by atoms with E-state index in [0.29, 0.717) is 17.2 Å². The van der Waals surface area contributed by atoms with Crippen LogP contribution >= 0.6 is 17.2 Å².